The van der Waals surface area contributed by atoms with Crippen LogP contribution in [0.2, 0.25) is 0 Å². The van der Waals surface area contributed by atoms with Crippen LogP contribution in [0.4, 0.5) is 0 Å². The fourth-order valence-electron chi connectivity index (χ4n) is 3.68. The second kappa shape index (κ2) is 6.40. The molecule has 0 N–H and O–H groups in total. The van der Waals surface area contributed by atoms with Crippen molar-refractivity contribution in [3.63, 3.8) is 0 Å². The van der Waals surface area contributed by atoms with E-state index in [1.807, 2.05) is 0 Å². The fraction of sp³-hybridized carbons (Fsp3) is 0.933. The van der Waals surface area contributed by atoms with Crippen molar-refractivity contribution in [3.8, 4) is 6.07 Å². The van der Waals surface area contributed by atoms with Crippen LogP contribution < -0.4 is 0 Å². The zero-order valence-corrected chi connectivity index (χ0v) is 11.2. The van der Waals surface area contributed by atoms with Gasteiger partial charge in [-0.25, -0.2) is 0 Å². The standard InChI is InChI=1S/C15H26N2/c1-2-5-13-8-10-17(11-9-13)15-7-4-3-6-14(15)12-16/h13-15H,2-11H2,1H3. The monoisotopic (exact) mass is 234 g/mol. The first-order chi connectivity index (χ1) is 8.35. The molecule has 0 spiro atoms. The molecule has 2 heteroatoms. The van der Waals surface area contributed by atoms with Crippen molar-refractivity contribution in [2.75, 3.05) is 13.1 Å². The van der Waals surface area contributed by atoms with Crippen molar-refractivity contribution in [2.24, 2.45) is 11.8 Å². The Hall–Kier alpha value is -0.550. The average Bonchev–Trinajstić information content (AvgIpc) is 2.40. The summed E-state index contributed by atoms with van der Waals surface area (Å²) in [6.45, 7) is 4.78. The van der Waals surface area contributed by atoms with E-state index in [0.717, 1.165) is 12.3 Å². The van der Waals surface area contributed by atoms with E-state index in [1.165, 1.54) is 58.0 Å². The van der Waals surface area contributed by atoms with Gasteiger partial charge in [0, 0.05) is 6.04 Å². The lowest BCUT2D eigenvalue weighted by Gasteiger charge is -2.41. The van der Waals surface area contributed by atoms with Crippen molar-refractivity contribution in [2.45, 2.75) is 64.3 Å². The zero-order valence-electron chi connectivity index (χ0n) is 11.2. The highest BCUT2D eigenvalue weighted by Gasteiger charge is 2.32. The Morgan fingerprint density at radius 1 is 1.12 bits per heavy atom. The number of nitriles is 1. The Morgan fingerprint density at radius 2 is 1.82 bits per heavy atom. The summed E-state index contributed by atoms with van der Waals surface area (Å²) in [6.07, 6.45) is 10.4. The van der Waals surface area contributed by atoms with Crippen molar-refractivity contribution in [1.82, 2.24) is 4.90 Å². The number of likely N-dealkylation sites (tertiary alicyclic amines) is 1. The Bertz CT molecular complexity index is 261. The molecular weight excluding hydrogens is 208 g/mol. The summed E-state index contributed by atoms with van der Waals surface area (Å²) in [4.78, 5) is 2.62. The molecule has 0 radical (unpaired) electrons. The second-order valence-electron chi connectivity index (χ2n) is 5.86. The SMILES string of the molecule is CCCC1CCN(C2CCCCC2C#N)CC1. The van der Waals surface area contributed by atoms with Gasteiger partial charge in [-0.2, -0.15) is 5.26 Å². The third kappa shape index (κ3) is 3.22. The van der Waals surface area contributed by atoms with Crippen molar-refractivity contribution in [1.29, 1.82) is 5.26 Å². The lowest BCUT2D eigenvalue weighted by Crippen LogP contribution is -2.46. The third-order valence-electron chi connectivity index (χ3n) is 4.71. The molecule has 0 aromatic heterocycles. The molecule has 0 bridgehead atoms. The molecule has 2 fully saturated rings. The van der Waals surface area contributed by atoms with Gasteiger partial charge in [-0.15, -0.1) is 0 Å². The first-order valence-electron chi connectivity index (χ1n) is 7.48. The molecule has 0 aromatic carbocycles. The molecule has 96 valence electrons. The minimum absolute atomic E-state index is 0.312. The largest absolute Gasteiger partial charge is 0.299 e. The van der Waals surface area contributed by atoms with Gasteiger partial charge < -0.3 is 0 Å². The number of piperidine rings is 1. The van der Waals surface area contributed by atoms with Crippen molar-refractivity contribution in [3.05, 3.63) is 0 Å². The smallest absolute Gasteiger partial charge is 0.0672 e. The van der Waals surface area contributed by atoms with Crippen LogP contribution in [0.5, 0.6) is 0 Å². The molecule has 2 rings (SSSR count). The van der Waals surface area contributed by atoms with Crippen LogP contribution >= 0.6 is 0 Å². The maximum Gasteiger partial charge on any atom is 0.0672 e. The number of rotatable bonds is 3. The topological polar surface area (TPSA) is 27.0 Å². The lowest BCUT2D eigenvalue weighted by atomic mass is 9.82. The summed E-state index contributed by atoms with van der Waals surface area (Å²) < 4.78 is 0. The molecule has 1 saturated heterocycles. The molecule has 1 aliphatic heterocycles. The van der Waals surface area contributed by atoms with Gasteiger partial charge in [0.1, 0.15) is 0 Å². The summed E-state index contributed by atoms with van der Waals surface area (Å²) >= 11 is 0. The molecule has 2 nitrogen and oxygen atoms in total. The maximum atomic E-state index is 9.25. The van der Waals surface area contributed by atoms with Gasteiger partial charge in [0.2, 0.25) is 0 Å². The highest BCUT2D eigenvalue weighted by atomic mass is 15.2. The van der Waals surface area contributed by atoms with Gasteiger partial charge in [-0.1, -0.05) is 32.6 Å². The number of nitrogens with zero attached hydrogens (tertiary/aromatic N) is 2. The third-order valence-corrected chi connectivity index (χ3v) is 4.71. The molecule has 17 heavy (non-hydrogen) atoms. The molecule has 0 aromatic rings. The minimum atomic E-state index is 0.312. The van der Waals surface area contributed by atoms with Crippen LogP contribution in [-0.4, -0.2) is 24.0 Å². The molecule has 2 unspecified atom stereocenters. The summed E-state index contributed by atoms with van der Waals surface area (Å²) in [7, 11) is 0. The minimum Gasteiger partial charge on any atom is -0.299 e. The second-order valence-corrected chi connectivity index (χ2v) is 5.86. The predicted octanol–water partition coefficient (Wildman–Crippen LogP) is 3.58. The van der Waals surface area contributed by atoms with Crippen molar-refractivity contribution >= 4 is 0 Å². The van der Waals surface area contributed by atoms with Crippen molar-refractivity contribution < 1.29 is 0 Å². The Kier molecular flexibility index (Phi) is 4.86. The van der Waals surface area contributed by atoms with E-state index in [0.29, 0.717) is 12.0 Å². The van der Waals surface area contributed by atoms with Crippen LogP contribution in [-0.2, 0) is 0 Å². The summed E-state index contributed by atoms with van der Waals surface area (Å²) in [5.41, 5.74) is 0. The molecule has 2 atom stereocenters. The van der Waals surface area contributed by atoms with E-state index in [1.54, 1.807) is 0 Å². The van der Waals surface area contributed by atoms with Crippen LogP contribution in [0.3, 0.4) is 0 Å². The van der Waals surface area contributed by atoms with Crippen LogP contribution in [0, 0.1) is 23.2 Å². The van der Waals surface area contributed by atoms with E-state index >= 15 is 0 Å². The Labute approximate surface area is 106 Å². The van der Waals surface area contributed by atoms with E-state index in [4.69, 9.17) is 0 Å². The molecule has 1 heterocycles. The van der Waals surface area contributed by atoms with Gasteiger partial charge in [-0.05, 0) is 44.7 Å². The van der Waals surface area contributed by atoms with Crippen LogP contribution in [0.15, 0.2) is 0 Å². The normalized spacial score (nSPS) is 32.2. The first kappa shape index (κ1) is 12.9. The quantitative estimate of drug-likeness (QED) is 0.746. The van der Waals surface area contributed by atoms with Gasteiger partial charge in [0.05, 0.1) is 12.0 Å². The predicted molar refractivity (Wildman–Crippen MR) is 70.6 cm³/mol. The fourth-order valence-corrected chi connectivity index (χ4v) is 3.68. The number of hydrogen-bond acceptors (Lipinski definition) is 2. The Morgan fingerprint density at radius 3 is 2.47 bits per heavy atom. The highest BCUT2D eigenvalue weighted by Crippen LogP contribution is 2.31. The summed E-state index contributed by atoms with van der Waals surface area (Å²) in [5, 5.41) is 9.25. The summed E-state index contributed by atoms with van der Waals surface area (Å²) in [5.74, 6) is 1.27. The average molecular weight is 234 g/mol. The van der Waals surface area contributed by atoms with E-state index < -0.39 is 0 Å². The summed E-state index contributed by atoms with van der Waals surface area (Å²) in [6, 6.07) is 3.13. The van der Waals surface area contributed by atoms with Crippen LogP contribution in [0.1, 0.15) is 58.3 Å². The molecular formula is C15H26N2. The molecule has 0 amide bonds. The van der Waals surface area contributed by atoms with Gasteiger partial charge in [0.25, 0.3) is 0 Å². The van der Waals surface area contributed by atoms with Gasteiger partial charge in [0.15, 0.2) is 0 Å². The van der Waals surface area contributed by atoms with E-state index in [9.17, 15) is 5.26 Å². The van der Waals surface area contributed by atoms with Crippen LogP contribution in [0.25, 0.3) is 0 Å². The zero-order chi connectivity index (χ0) is 12.1. The molecule has 2 aliphatic rings. The molecule has 1 aliphatic carbocycles. The maximum absolute atomic E-state index is 9.25. The van der Waals surface area contributed by atoms with E-state index in [2.05, 4.69) is 17.9 Å². The van der Waals surface area contributed by atoms with Gasteiger partial charge >= 0.3 is 0 Å². The highest BCUT2D eigenvalue weighted by molar-refractivity contribution is 4.96. The molecule has 1 saturated carbocycles. The Balaban J connectivity index is 1.84. The first-order valence-corrected chi connectivity index (χ1v) is 7.48. The lowest BCUT2D eigenvalue weighted by molar-refractivity contribution is 0.0837. The van der Waals surface area contributed by atoms with Gasteiger partial charge in [-0.3, -0.25) is 4.90 Å². The van der Waals surface area contributed by atoms with E-state index in [-0.39, 0.29) is 0 Å². The number of hydrogen-bond donors (Lipinski definition) is 0.